The van der Waals surface area contributed by atoms with Gasteiger partial charge in [0.25, 0.3) is 0 Å². The predicted molar refractivity (Wildman–Crippen MR) is 107 cm³/mol. The van der Waals surface area contributed by atoms with Gasteiger partial charge in [-0.25, -0.2) is 0 Å². The molecule has 1 fully saturated rings. The van der Waals surface area contributed by atoms with Gasteiger partial charge in [-0.3, -0.25) is 0 Å². The number of hydrogen-bond donors (Lipinski definition) is 1. The zero-order valence-electron chi connectivity index (χ0n) is 14.5. The van der Waals surface area contributed by atoms with E-state index in [1.165, 1.54) is 12.8 Å². The fraction of sp³-hybridized carbons (Fsp3) is 0.286. The van der Waals surface area contributed by atoms with E-state index in [-0.39, 0.29) is 6.04 Å². The fourth-order valence-electron chi connectivity index (χ4n) is 3.74. The molecule has 26 heavy (non-hydrogen) atoms. The van der Waals surface area contributed by atoms with E-state index in [0.29, 0.717) is 5.02 Å². The van der Waals surface area contributed by atoms with Gasteiger partial charge >= 0.3 is 176 Å². The zero-order chi connectivity index (χ0) is 18.1. The van der Waals surface area contributed by atoms with E-state index in [1.54, 1.807) is 0 Å². The Morgan fingerprint density at radius 2 is 1.88 bits per heavy atom. The summed E-state index contributed by atoms with van der Waals surface area (Å²) in [5, 5.41) is 13.0. The van der Waals surface area contributed by atoms with Crippen LogP contribution in [0, 0.1) is 0 Å². The molecule has 0 radical (unpaired) electrons. The first-order valence-electron chi connectivity index (χ1n) is 8.98. The van der Waals surface area contributed by atoms with Gasteiger partial charge in [-0.15, -0.1) is 0 Å². The van der Waals surface area contributed by atoms with Crippen molar-refractivity contribution < 1.29 is 5.11 Å². The molecule has 5 heteroatoms. The summed E-state index contributed by atoms with van der Waals surface area (Å²) in [6.45, 7) is 1.11. The average molecular weight is 556 g/mol. The molecule has 4 rings (SSSR count). The van der Waals surface area contributed by atoms with Crippen molar-refractivity contribution in [2.45, 2.75) is 31.4 Å². The number of halogens is 1. The van der Waals surface area contributed by atoms with Crippen LogP contribution >= 0.6 is 11.6 Å². The molecule has 0 saturated carbocycles. The Balaban J connectivity index is 1.83. The summed E-state index contributed by atoms with van der Waals surface area (Å²) in [6.07, 6.45) is 3.01. The van der Waals surface area contributed by atoms with Gasteiger partial charge in [-0.05, 0) is 0 Å². The van der Waals surface area contributed by atoms with E-state index in [0.717, 1.165) is 66.8 Å². The van der Waals surface area contributed by atoms with Gasteiger partial charge in [-0.2, -0.15) is 0 Å². The standard InChI is InChI=1S/C21H20ClN2O.Tl/c22-15-10-8-14(9-11-15)20-13-17(16-5-1-2-6-18(16)24-20)21(25)19-7-3-4-12-23-19;/h1-2,5-6,8-11,13,19,21,25H,3-4,7,12H2;/q-1;+1/t19-,21+;/m1./s1. The number of fused-ring (bicyclic) bond motifs is 1. The van der Waals surface area contributed by atoms with Crippen molar-refractivity contribution in [1.82, 2.24) is 7.69 Å². The van der Waals surface area contributed by atoms with E-state index in [2.05, 4.69) is 14.8 Å². The first-order chi connectivity index (χ1) is 12.6. The molecule has 0 amide bonds. The summed E-state index contributed by atoms with van der Waals surface area (Å²) in [4.78, 5) is 4.82. The summed E-state index contributed by atoms with van der Waals surface area (Å²) < 4.78 is 2.45. The summed E-state index contributed by atoms with van der Waals surface area (Å²) in [6, 6.07) is 18.1. The van der Waals surface area contributed by atoms with E-state index in [1.807, 2.05) is 42.5 Å². The Hall–Kier alpha value is -1.02. The quantitative estimate of drug-likeness (QED) is 0.483. The molecule has 0 bridgehead atoms. The Labute approximate surface area is 175 Å². The molecule has 0 spiro atoms. The van der Waals surface area contributed by atoms with Gasteiger partial charge in [-0.1, -0.05) is 0 Å². The summed E-state index contributed by atoms with van der Waals surface area (Å²) >= 11 is 6.79. The third kappa shape index (κ3) is 3.67. The summed E-state index contributed by atoms with van der Waals surface area (Å²) in [5.41, 5.74) is 3.81. The van der Waals surface area contributed by atoms with Gasteiger partial charge in [0, 0.05) is 0 Å². The Bertz CT molecular complexity index is 916. The zero-order valence-corrected chi connectivity index (χ0v) is 19.7. The molecule has 1 N–H and O–H groups in total. The monoisotopic (exact) mass is 556 g/mol. The predicted octanol–water partition coefficient (Wildman–Crippen LogP) is 4.53. The molecule has 3 aromatic rings. The number of aromatic nitrogens is 1. The number of piperidine rings is 1. The first kappa shape index (κ1) is 18.4. The second kappa shape index (κ2) is 7.92. The van der Waals surface area contributed by atoms with Gasteiger partial charge in [0.2, 0.25) is 0 Å². The van der Waals surface area contributed by atoms with Crippen LogP contribution in [0.2, 0.25) is 5.02 Å². The molecular weight excluding hydrogens is 536 g/mol. The molecule has 2 atom stereocenters. The number of benzene rings is 2. The van der Waals surface area contributed by atoms with Crippen LogP contribution in [0.5, 0.6) is 0 Å². The molecule has 130 valence electrons. The van der Waals surface area contributed by atoms with Crippen molar-refractivity contribution in [1.29, 1.82) is 0 Å². The van der Waals surface area contributed by atoms with Crippen molar-refractivity contribution in [3.05, 3.63) is 65.2 Å². The molecule has 0 unspecified atom stereocenters. The molecule has 2 heterocycles. The van der Waals surface area contributed by atoms with Crippen LogP contribution in [0.25, 0.3) is 22.2 Å². The third-order valence-electron chi connectivity index (χ3n) is 5.16. The minimum atomic E-state index is -0.487. The minimum absolute atomic E-state index is 0.220. The van der Waals surface area contributed by atoms with Crippen LogP contribution in [0.1, 0.15) is 30.9 Å². The number of aliphatic hydroxyl groups is 1. The van der Waals surface area contributed by atoms with E-state index < -0.39 is 6.10 Å². The van der Waals surface area contributed by atoms with E-state index in [4.69, 9.17) is 16.6 Å². The first-order valence-corrected chi connectivity index (χ1v) is 11.4. The Kier molecular flexibility index (Phi) is 5.59. The molecule has 3 nitrogen and oxygen atoms in total. The maximum absolute atomic E-state index is 11.3. The van der Waals surface area contributed by atoms with Gasteiger partial charge < -0.3 is 0 Å². The normalized spacial score (nSPS) is 19.5. The molecule has 1 aromatic heterocycles. The molecule has 0 aliphatic carbocycles. The SMILES string of the molecule is O[C@@H](c1cc(-c2ccc(Cl)cc2)nc2ccccc12)[C@H]1CCCC[N]1[Tl]. The number of rotatable bonds is 3. The summed E-state index contributed by atoms with van der Waals surface area (Å²) in [5.74, 6) is 0. The Morgan fingerprint density at radius 1 is 1.12 bits per heavy atom. The maximum atomic E-state index is 11.3. The fourth-order valence-corrected chi connectivity index (χ4v) is 5.79. The van der Waals surface area contributed by atoms with Gasteiger partial charge in [0.1, 0.15) is 0 Å². The van der Waals surface area contributed by atoms with Crippen molar-refractivity contribution in [3.8, 4) is 11.3 Å². The molecule has 1 saturated heterocycles. The van der Waals surface area contributed by atoms with Crippen LogP contribution in [0.3, 0.4) is 0 Å². The molecule has 1 aliphatic rings. The number of pyridine rings is 1. The molecule has 1 aliphatic heterocycles. The van der Waals surface area contributed by atoms with Crippen molar-refractivity contribution in [2.75, 3.05) is 6.54 Å². The van der Waals surface area contributed by atoms with Crippen LogP contribution in [0.15, 0.2) is 54.6 Å². The van der Waals surface area contributed by atoms with E-state index in [9.17, 15) is 5.11 Å². The average Bonchev–Trinajstić information content (AvgIpc) is 2.67. The van der Waals surface area contributed by atoms with Crippen molar-refractivity contribution in [2.24, 2.45) is 0 Å². The summed E-state index contributed by atoms with van der Waals surface area (Å²) in [7, 11) is 0. The van der Waals surface area contributed by atoms with Crippen LogP contribution in [-0.4, -0.2) is 51.5 Å². The second-order valence-corrected chi connectivity index (χ2v) is 9.88. The molecular formula is C21H20ClN2OTl. The topological polar surface area (TPSA) is 36.4 Å². The van der Waals surface area contributed by atoms with Crippen LogP contribution in [-0.2, 0) is 0 Å². The van der Waals surface area contributed by atoms with E-state index >= 15 is 0 Å². The van der Waals surface area contributed by atoms with Crippen LogP contribution in [0.4, 0.5) is 0 Å². The molecule has 2 aromatic carbocycles. The van der Waals surface area contributed by atoms with Gasteiger partial charge in [0.05, 0.1) is 0 Å². The second-order valence-electron chi connectivity index (χ2n) is 6.87. The number of hydrogen-bond acceptors (Lipinski definition) is 3. The number of aliphatic hydroxyl groups excluding tert-OH is 1. The van der Waals surface area contributed by atoms with Crippen molar-refractivity contribution >= 4 is 48.6 Å². The van der Waals surface area contributed by atoms with Gasteiger partial charge in [0.15, 0.2) is 0 Å². The number of nitrogens with zero attached hydrogens (tertiary/aromatic N) is 2. The van der Waals surface area contributed by atoms with Crippen molar-refractivity contribution in [3.63, 3.8) is 0 Å². The Morgan fingerprint density at radius 3 is 2.65 bits per heavy atom. The number of para-hydroxylation sites is 1. The van der Waals surface area contributed by atoms with Crippen LogP contribution < -0.4 is 0 Å². The third-order valence-corrected chi connectivity index (χ3v) is 7.91.